The highest BCUT2D eigenvalue weighted by molar-refractivity contribution is 9.11. The summed E-state index contributed by atoms with van der Waals surface area (Å²) < 4.78 is 2.62. The Hall–Kier alpha value is 0.180. The third-order valence-electron chi connectivity index (χ3n) is 3.50. The van der Waals surface area contributed by atoms with Crippen LogP contribution in [0.5, 0.6) is 0 Å². The molecule has 2 heteroatoms. The van der Waals surface area contributed by atoms with Gasteiger partial charge in [-0.1, -0.05) is 31.9 Å². The molecule has 2 atom stereocenters. The lowest BCUT2D eigenvalue weighted by Crippen LogP contribution is -2.18. The molecule has 1 aromatic carbocycles. The molecule has 0 spiro atoms. The van der Waals surface area contributed by atoms with Gasteiger partial charge in [-0.3, -0.25) is 0 Å². The van der Waals surface area contributed by atoms with Crippen molar-refractivity contribution >= 4 is 31.9 Å². The Bertz CT molecular complexity index is 371. The van der Waals surface area contributed by atoms with Crippen LogP contribution in [0.15, 0.2) is 21.1 Å². The topological polar surface area (TPSA) is 0 Å². The SMILES string of the molecule is Brc1ccc(Br)c2c1CC1CCC21. The minimum absolute atomic E-state index is 0.863. The van der Waals surface area contributed by atoms with E-state index in [0.29, 0.717) is 0 Å². The molecule has 2 unspecified atom stereocenters. The summed E-state index contributed by atoms with van der Waals surface area (Å²) >= 11 is 7.31. The van der Waals surface area contributed by atoms with Crippen LogP contribution in [0, 0.1) is 5.92 Å². The zero-order valence-electron chi connectivity index (χ0n) is 7.19. The maximum atomic E-state index is 3.66. The monoisotopic (exact) mass is 300 g/mol. The fourth-order valence-electron chi connectivity index (χ4n) is 2.67. The van der Waals surface area contributed by atoms with Crippen LogP contribution >= 0.6 is 31.9 Å². The van der Waals surface area contributed by atoms with Crippen molar-refractivity contribution in [2.24, 2.45) is 5.92 Å². The van der Waals surface area contributed by atoms with Gasteiger partial charge >= 0.3 is 0 Å². The zero-order chi connectivity index (χ0) is 9.00. The van der Waals surface area contributed by atoms with Gasteiger partial charge in [0.2, 0.25) is 0 Å². The van der Waals surface area contributed by atoms with Crippen molar-refractivity contribution < 1.29 is 0 Å². The summed E-state index contributed by atoms with van der Waals surface area (Å²) in [6.45, 7) is 0. The number of hydrogen-bond acceptors (Lipinski definition) is 0. The molecule has 0 N–H and O–H groups in total. The molecule has 0 amide bonds. The standard InChI is InChI=1S/C11H10Br2/c12-9-3-4-10(13)11-7-2-1-6(7)5-8(9)11/h3-4,6-7H,1-2,5H2. The van der Waals surface area contributed by atoms with Crippen LogP contribution in [0.2, 0.25) is 0 Å². The lowest BCUT2D eigenvalue weighted by molar-refractivity contribution is 0.280. The molecule has 0 aromatic heterocycles. The quantitative estimate of drug-likeness (QED) is 0.671. The Morgan fingerprint density at radius 3 is 2.54 bits per heavy atom. The first-order valence-electron chi connectivity index (χ1n) is 4.74. The van der Waals surface area contributed by atoms with Gasteiger partial charge in [-0.25, -0.2) is 0 Å². The van der Waals surface area contributed by atoms with Gasteiger partial charge in [-0.15, -0.1) is 0 Å². The van der Waals surface area contributed by atoms with Crippen LogP contribution in [0.3, 0.4) is 0 Å². The number of hydrogen-bond donors (Lipinski definition) is 0. The predicted molar refractivity (Wildman–Crippen MR) is 61.0 cm³/mol. The van der Waals surface area contributed by atoms with Crippen molar-refractivity contribution in [1.29, 1.82) is 0 Å². The van der Waals surface area contributed by atoms with E-state index in [9.17, 15) is 0 Å². The van der Waals surface area contributed by atoms with Gasteiger partial charge in [0.25, 0.3) is 0 Å². The first-order valence-corrected chi connectivity index (χ1v) is 6.32. The van der Waals surface area contributed by atoms with E-state index < -0.39 is 0 Å². The number of fused-ring (bicyclic) bond motifs is 3. The Morgan fingerprint density at radius 1 is 1.08 bits per heavy atom. The second kappa shape index (κ2) is 2.83. The predicted octanol–water partition coefficient (Wildman–Crippen LogP) is 4.26. The van der Waals surface area contributed by atoms with E-state index in [4.69, 9.17) is 0 Å². The largest absolute Gasteiger partial charge is 0.0505 e. The Labute approximate surface area is 95.0 Å². The molecule has 0 heterocycles. The molecule has 0 radical (unpaired) electrons. The number of halogens is 2. The van der Waals surface area contributed by atoms with Gasteiger partial charge in [-0.2, -0.15) is 0 Å². The van der Waals surface area contributed by atoms with Gasteiger partial charge in [0, 0.05) is 8.95 Å². The highest BCUT2D eigenvalue weighted by Crippen LogP contribution is 2.54. The molecule has 2 aliphatic rings. The number of rotatable bonds is 0. The molecule has 13 heavy (non-hydrogen) atoms. The van der Waals surface area contributed by atoms with Crippen LogP contribution in [0.1, 0.15) is 29.9 Å². The Kier molecular flexibility index (Phi) is 1.85. The molecule has 3 rings (SSSR count). The lowest BCUT2D eigenvalue weighted by atomic mass is 9.74. The third kappa shape index (κ3) is 1.08. The lowest BCUT2D eigenvalue weighted by Gasteiger charge is -2.31. The van der Waals surface area contributed by atoms with Gasteiger partial charge < -0.3 is 0 Å². The van der Waals surface area contributed by atoms with E-state index in [-0.39, 0.29) is 0 Å². The van der Waals surface area contributed by atoms with E-state index in [1.807, 2.05) is 0 Å². The molecule has 0 bridgehead atoms. The third-order valence-corrected chi connectivity index (χ3v) is 4.94. The first-order chi connectivity index (χ1) is 6.27. The fraction of sp³-hybridized carbons (Fsp3) is 0.455. The summed E-state index contributed by atoms with van der Waals surface area (Å²) in [7, 11) is 0. The average Bonchev–Trinajstić information content (AvgIpc) is 2.33. The molecule has 68 valence electrons. The maximum absolute atomic E-state index is 3.66. The highest BCUT2D eigenvalue weighted by atomic mass is 79.9. The Balaban J connectivity index is 2.21. The summed E-state index contributed by atoms with van der Waals surface area (Å²) in [5.41, 5.74) is 3.15. The van der Waals surface area contributed by atoms with Crippen LogP contribution in [-0.2, 0) is 6.42 Å². The van der Waals surface area contributed by atoms with Crippen LogP contribution in [0.4, 0.5) is 0 Å². The molecule has 1 saturated carbocycles. The van der Waals surface area contributed by atoms with E-state index in [0.717, 1.165) is 11.8 Å². The smallest absolute Gasteiger partial charge is 0.0213 e. The molecular formula is C11H10Br2. The molecule has 0 nitrogen and oxygen atoms in total. The first kappa shape index (κ1) is 8.49. The minimum atomic E-state index is 0.863. The van der Waals surface area contributed by atoms with Gasteiger partial charge in [0.05, 0.1) is 0 Å². The highest BCUT2D eigenvalue weighted by Gasteiger charge is 2.40. The van der Waals surface area contributed by atoms with Gasteiger partial charge in [0.15, 0.2) is 0 Å². The molecule has 0 aliphatic heterocycles. The minimum Gasteiger partial charge on any atom is -0.0505 e. The van der Waals surface area contributed by atoms with Crippen molar-refractivity contribution in [3.63, 3.8) is 0 Å². The molecule has 1 fully saturated rings. The zero-order valence-corrected chi connectivity index (χ0v) is 10.4. The van der Waals surface area contributed by atoms with E-state index in [2.05, 4.69) is 44.0 Å². The molecule has 0 saturated heterocycles. The van der Waals surface area contributed by atoms with Gasteiger partial charge in [0.1, 0.15) is 0 Å². The van der Waals surface area contributed by atoms with E-state index >= 15 is 0 Å². The molecule has 1 aromatic rings. The summed E-state index contributed by atoms with van der Waals surface area (Å²) in [5.74, 6) is 1.81. The van der Waals surface area contributed by atoms with Crippen molar-refractivity contribution in [1.82, 2.24) is 0 Å². The van der Waals surface area contributed by atoms with Crippen molar-refractivity contribution in [2.45, 2.75) is 25.2 Å². The second-order valence-electron chi connectivity index (χ2n) is 4.07. The molecule has 2 aliphatic carbocycles. The normalized spacial score (nSPS) is 29.4. The van der Waals surface area contributed by atoms with E-state index in [1.165, 1.54) is 28.2 Å². The summed E-state index contributed by atoms with van der Waals surface area (Å²) in [6, 6.07) is 4.33. The van der Waals surface area contributed by atoms with Gasteiger partial charge in [-0.05, 0) is 54.4 Å². The van der Waals surface area contributed by atoms with Crippen molar-refractivity contribution in [3.8, 4) is 0 Å². The second-order valence-corrected chi connectivity index (χ2v) is 5.78. The Morgan fingerprint density at radius 2 is 1.85 bits per heavy atom. The van der Waals surface area contributed by atoms with Crippen LogP contribution in [0.25, 0.3) is 0 Å². The van der Waals surface area contributed by atoms with Crippen molar-refractivity contribution in [3.05, 3.63) is 32.2 Å². The number of benzene rings is 1. The maximum Gasteiger partial charge on any atom is 0.0213 e. The molecular weight excluding hydrogens is 292 g/mol. The van der Waals surface area contributed by atoms with Crippen LogP contribution in [-0.4, -0.2) is 0 Å². The summed E-state index contributed by atoms with van der Waals surface area (Å²) in [4.78, 5) is 0. The van der Waals surface area contributed by atoms with Crippen molar-refractivity contribution in [2.75, 3.05) is 0 Å². The average molecular weight is 302 g/mol. The fourth-order valence-corrected chi connectivity index (χ4v) is 3.85. The summed E-state index contributed by atoms with van der Waals surface area (Å²) in [5, 5.41) is 0. The van der Waals surface area contributed by atoms with Crippen LogP contribution < -0.4 is 0 Å². The van der Waals surface area contributed by atoms with E-state index in [1.54, 1.807) is 11.1 Å². The summed E-state index contributed by atoms with van der Waals surface area (Å²) in [6.07, 6.45) is 4.12.